The number of aliphatic hydroxyl groups is 1. The smallest absolute Gasteiger partial charge is 0.371 e. The molecule has 108 valence electrons. The van der Waals surface area contributed by atoms with Crippen LogP contribution in [0.15, 0.2) is 48.4 Å². The Hall–Kier alpha value is -2.89. The van der Waals surface area contributed by atoms with Gasteiger partial charge in [-0.3, -0.25) is 4.79 Å². The molecule has 6 heteroatoms. The summed E-state index contributed by atoms with van der Waals surface area (Å²) in [6, 6.07) is 7.41. The van der Waals surface area contributed by atoms with E-state index in [1.165, 1.54) is 24.4 Å². The Morgan fingerprint density at radius 1 is 1.24 bits per heavy atom. The summed E-state index contributed by atoms with van der Waals surface area (Å²) in [5.41, 5.74) is 1.41. The molecule has 0 fully saturated rings. The van der Waals surface area contributed by atoms with Gasteiger partial charge in [-0.05, 0) is 23.8 Å². The third kappa shape index (κ3) is 3.56. The summed E-state index contributed by atoms with van der Waals surface area (Å²) in [6.45, 7) is 0. The molecule has 0 spiro atoms. The van der Waals surface area contributed by atoms with Crippen LogP contribution in [0.5, 0.6) is 0 Å². The van der Waals surface area contributed by atoms with E-state index in [0.29, 0.717) is 17.3 Å². The molecule has 0 saturated carbocycles. The molecule has 0 aliphatic carbocycles. The number of aliphatic carboxylic acids is 1. The number of nitrogens with one attached hydrogen (secondary N) is 1. The number of rotatable bonds is 5. The maximum atomic E-state index is 13.1. The van der Waals surface area contributed by atoms with Crippen LogP contribution in [0.25, 0.3) is 0 Å². The van der Waals surface area contributed by atoms with Gasteiger partial charge in [0.15, 0.2) is 5.78 Å². The van der Waals surface area contributed by atoms with Crippen LogP contribution in [0.2, 0.25) is 0 Å². The van der Waals surface area contributed by atoms with Crippen molar-refractivity contribution in [3.63, 3.8) is 0 Å². The Labute approximate surface area is 119 Å². The van der Waals surface area contributed by atoms with E-state index < -0.39 is 17.5 Å². The van der Waals surface area contributed by atoms with Gasteiger partial charge in [-0.2, -0.15) is 0 Å². The van der Waals surface area contributed by atoms with E-state index in [2.05, 4.69) is 4.98 Å². The van der Waals surface area contributed by atoms with Crippen molar-refractivity contribution in [1.29, 1.82) is 0 Å². The zero-order valence-corrected chi connectivity index (χ0v) is 10.8. The highest BCUT2D eigenvalue weighted by Gasteiger charge is 2.14. The summed E-state index contributed by atoms with van der Waals surface area (Å²) < 4.78 is 13.1. The molecule has 0 radical (unpaired) electrons. The summed E-state index contributed by atoms with van der Waals surface area (Å²) in [5.74, 6) is -3.62. The van der Waals surface area contributed by atoms with Gasteiger partial charge in [0.1, 0.15) is 5.82 Å². The minimum Gasteiger partial charge on any atom is -0.502 e. The lowest BCUT2D eigenvalue weighted by Crippen LogP contribution is -2.05. The average molecular weight is 289 g/mol. The lowest BCUT2D eigenvalue weighted by atomic mass is 10.0. The molecule has 0 bridgehead atoms. The molecular weight excluding hydrogens is 277 g/mol. The number of carboxylic acids is 1. The maximum Gasteiger partial charge on any atom is 0.371 e. The monoisotopic (exact) mass is 289 g/mol. The second-order valence-electron chi connectivity index (χ2n) is 4.38. The van der Waals surface area contributed by atoms with Crippen molar-refractivity contribution in [2.75, 3.05) is 0 Å². The predicted octanol–water partition coefficient (Wildman–Crippen LogP) is 2.45. The van der Waals surface area contributed by atoms with Crippen molar-refractivity contribution >= 4 is 11.8 Å². The van der Waals surface area contributed by atoms with Crippen LogP contribution in [0.3, 0.4) is 0 Å². The standard InChI is InChI=1S/C15H12FNO4/c16-10-3-1-2-9(6-10)7-12-11(4-5-17-12)13(18)8-14(19)15(20)21/h1-6,8,17,19H,7H2,(H,20,21). The van der Waals surface area contributed by atoms with Crippen LogP contribution in [-0.4, -0.2) is 26.9 Å². The lowest BCUT2D eigenvalue weighted by molar-refractivity contribution is -0.135. The van der Waals surface area contributed by atoms with Crippen LogP contribution in [0.4, 0.5) is 4.39 Å². The Bertz CT molecular complexity index is 718. The minimum absolute atomic E-state index is 0.229. The van der Waals surface area contributed by atoms with Gasteiger partial charge >= 0.3 is 5.97 Å². The first-order chi connectivity index (χ1) is 9.97. The zero-order chi connectivity index (χ0) is 15.4. The molecule has 2 rings (SSSR count). The first kappa shape index (κ1) is 14.5. The van der Waals surface area contributed by atoms with E-state index in [1.54, 1.807) is 12.1 Å². The van der Waals surface area contributed by atoms with E-state index in [4.69, 9.17) is 10.2 Å². The fraction of sp³-hybridized carbons (Fsp3) is 0.0667. The first-order valence-corrected chi connectivity index (χ1v) is 6.06. The summed E-state index contributed by atoms with van der Waals surface area (Å²) in [6.07, 6.45) is 2.45. The lowest BCUT2D eigenvalue weighted by Gasteiger charge is -2.03. The SMILES string of the molecule is O=C(O)C(O)=CC(=O)c1cc[nH]c1Cc1cccc(F)c1. The predicted molar refractivity (Wildman–Crippen MR) is 72.7 cm³/mol. The number of hydrogen-bond acceptors (Lipinski definition) is 3. The van der Waals surface area contributed by atoms with Gasteiger partial charge in [-0.15, -0.1) is 0 Å². The van der Waals surface area contributed by atoms with E-state index in [0.717, 1.165) is 0 Å². The van der Waals surface area contributed by atoms with Gasteiger partial charge in [0, 0.05) is 30.0 Å². The summed E-state index contributed by atoms with van der Waals surface area (Å²) in [4.78, 5) is 25.3. The van der Waals surface area contributed by atoms with Crippen LogP contribution >= 0.6 is 0 Å². The van der Waals surface area contributed by atoms with Crippen LogP contribution < -0.4 is 0 Å². The zero-order valence-electron chi connectivity index (χ0n) is 10.8. The average Bonchev–Trinajstić information content (AvgIpc) is 2.86. The van der Waals surface area contributed by atoms with Crippen molar-refractivity contribution in [2.45, 2.75) is 6.42 Å². The molecule has 0 atom stereocenters. The fourth-order valence-electron chi connectivity index (χ4n) is 1.90. The Kier molecular flexibility index (Phi) is 4.18. The fourth-order valence-corrected chi connectivity index (χ4v) is 1.90. The van der Waals surface area contributed by atoms with Crippen molar-refractivity contribution < 1.29 is 24.2 Å². The van der Waals surface area contributed by atoms with E-state index >= 15 is 0 Å². The highest BCUT2D eigenvalue weighted by Crippen LogP contribution is 2.15. The maximum absolute atomic E-state index is 13.1. The van der Waals surface area contributed by atoms with Gasteiger partial charge in [-0.1, -0.05) is 12.1 Å². The van der Waals surface area contributed by atoms with E-state index in [9.17, 15) is 14.0 Å². The van der Waals surface area contributed by atoms with Crippen molar-refractivity contribution in [2.24, 2.45) is 0 Å². The number of ketones is 1. The molecule has 2 aromatic rings. The van der Waals surface area contributed by atoms with Gasteiger partial charge in [0.05, 0.1) is 0 Å². The van der Waals surface area contributed by atoms with Gasteiger partial charge in [0.2, 0.25) is 5.76 Å². The van der Waals surface area contributed by atoms with E-state index in [1.807, 2.05) is 0 Å². The number of halogens is 1. The summed E-state index contributed by atoms with van der Waals surface area (Å²) in [5, 5.41) is 17.6. The molecule has 0 saturated heterocycles. The third-order valence-corrected chi connectivity index (χ3v) is 2.86. The molecule has 21 heavy (non-hydrogen) atoms. The highest BCUT2D eigenvalue weighted by atomic mass is 19.1. The van der Waals surface area contributed by atoms with Crippen LogP contribution in [-0.2, 0) is 11.2 Å². The number of aliphatic hydroxyl groups excluding tert-OH is 1. The number of carbonyl (C=O) groups is 2. The molecule has 1 aromatic heterocycles. The van der Waals surface area contributed by atoms with Crippen LogP contribution in [0.1, 0.15) is 21.6 Å². The summed E-state index contributed by atoms with van der Waals surface area (Å²) >= 11 is 0. The van der Waals surface area contributed by atoms with Gasteiger partial charge in [-0.25, -0.2) is 9.18 Å². The highest BCUT2D eigenvalue weighted by molar-refractivity contribution is 6.08. The number of aromatic amines is 1. The largest absolute Gasteiger partial charge is 0.502 e. The minimum atomic E-state index is -1.58. The molecule has 3 N–H and O–H groups in total. The second kappa shape index (κ2) is 6.04. The van der Waals surface area contributed by atoms with Crippen LogP contribution in [0, 0.1) is 5.82 Å². The Morgan fingerprint density at radius 2 is 2.00 bits per heavy atom. The molecule has 0 aliphatic heterocycles. The Balaban J connectivity index is 2.25. The number of carboxylic acid groups (broad SMARTS) is 1. The quantitative estimate of drug-likeness (QED) is 0.448. The first-order valence-electron chi connectivity index (χ1n) is 6.06. The van der Waals surface area contributed by atoms with Crippen molar-refractivity contribution in [1.82, 2.24) is 4.98 Å². The van der Waals surface area contributed by atoms with E-state index in [-0.39, 0.29) is 17.8 Å². The second-order valence-corrected chi connectivity index (χ2v) is 4.38. The summed E-state index contributed by atoms with van der Waals surface area (Å²) in [7, 11) is 0. The number of hydrogen-bond donors (Lipinski definition) is 3. The van der Waals surface area contributed by atoms with Crippen molar-refractivity contribution in [3.05, 3.63) is 71.0 Å². The molecule has 0 amide bonds. The number of aromatic nitrogens is 1. The molecule has 1 heterocycles. The molecule has 5 nitrogen and oxygen atoms in total. The normalized spacial score (nSPS) is 11.4. The molecule has 0 unspecified atom stereocenters. The molecule has 1 aromatic carbocycles. The molecule has 0 aliphatic rings. The number of H-pyrrole nitrogens is 1. The number of carbonyl (C=O) groups excluding carboxylic acids is 1. The topological polar surface area (TPSA) is 90.4 Å². The number of benzene rings is 1. The number of allylic oxidation sites excluding steroid dienone is 1. The Morgan fingerprint density at radius 3 is 2.67 bits per heavy atom. The third-order valence-electron chi connectivity index (χ3n) is 2.86. The van der Waals surface area contributed by atoms with Gasteiger partial charge in [0.25, 0.3) is 0 Å². The van der Waals surface area contributed by atoms with Crippen molar-refractivity contribution in [3.8, 4) is 0 Å². The molecular formula is C15H12FNO4. The van der Waals surface area contributed by atoms with Gasteiger partial charge < -0.3 is 15.2 Å².